The minimum absolute atomic E-state index is 0.0354. The van der Waals surface area contributed by atoms with Crippen molar-refractivity contribution in [3.05, 3.63) is 45.2 Å². The third kappa shape index (κ3) is 1.94. The third-order valence-electron chi connectivity index (χ3n) is 3.63. The fourth-order valence-electron chi connectivity index (χ4n) is 2.31. The lowest BCUT2D eigenvalue weighted by molar-refractivity contribution is 0.429. The summed E-state index contributed by atoms with van der Waals surface area (Å²) >= 11 is 3.41. The van der Waals surface area contributed by atoms with Gasteiger partial charge in [-0.25, -0.2) is 4.68 Å². The van der Waals surface area contributed by atoms with Gasteiger partial charge in [-0.15, -0.1) is 0 Å². The van der Waals surface area contributed by atoms with E-state index in [1.54, 1.807) is 4.68 Å². The minimum Gasteiger partial charge on any atom is -0.294 e. The number of nitrogens with one attached hydrogen (secondary N) is 1. The first-order valence-electron chi connectivity index (χ1n) is 6.24. The van der Waals surface area contributed by atoms with Crippen LogP contribution in [0.1, 0.15) is 25.8 Å². The summed E-state index contributed by atoms with van der Waals surface area (Å²) in [5.74, 6) is 0.650. The molecule has 3 rings (SSSR count). The number of hydrogen-bond acceptors (Lipinski definition) is 1. The van der Waals surface area contributed by atoms with Crippen molar-refractivity contribution in [1.29, 1.82) is 0 Å². The molecular weight excluding hydrogens is 292 g/mol. The number of aromatic amines is 1. The summed E-state index contributed by atoms with van der Waals surface area (Å²) in [7, 11) is 0. The van der Waals surface area contributed by atoms with Crippen LogP contribution in [0, 0.1) is 5.92 Å². The van der Waals surface area contributed by atoms with Crippen LogP contribution in [0.2, 0.25) is 0 Å². The Hall–Kier alpha value is -1.29. The average Bonchev–Trinajstić information content (AvgIpc) is 3.19. The van der Waals surface area contributed by atoms with Gasteiger partial charge in [-0.2, -0.15) is 0 Å². The zero-order valence-electron chi connectivity index (χ0n) is 10.2. The van der Waals surface area contributed by atoms with E-state index in [2.05, 4.69) is 28.0 Å². The molecule has 1 aliphatic rings. The summed E-state index contributed by atoms with van der Waals surface area (Å²) in [6.07, 6.45) is 2.45. The monoisotopic (exact) mass is 306 g/mol. The van der Waals surface area contributed by atoms with Gasteiger partial charge in [-0.3, -0.25) is 9.89 Å². The molecule has 94 valence electrons. The lowest BCUT2D eigenvalue weighted by Crippen LogP contribution is -2.22. The summed E-state index contributed by atoms with van der Waals surface area (Å²) in [6, 6.07) is 10.2. The van der Waals surface area contributed by atoms with Crippen LogP contribution in [-0.2, 0) is 0 Å². The number of halogens is 1. The highest BCUT2D eigenvalue weighted by molar-refractivity contribution is 9.10. The molecule has 2 aromatic rings. The van der Waals surface area contributed by atoms with Crippen LogP contribution in [0.4, 0.5) is 0 Å². The zero-order chi connectivity index (χ0) is 12.7. The summed E-state index contributed by atoms with van der Waals surface area (Å²) in [5.41, 5.74) is 1.93. The topological polar surface area (TPSA) is 37.8 Å². The number of aromatic nitrogens is 2. The number of nitrogens with zero attached hydrogens (tertiary/aromatic N) is 1. The molecule has 0 saturated heterocycles. The van der Waals surface area contributed by atoms with Gasteiger partial charge in [0.25, 0.3) is 5.56 Å². The van der Waals surface area contributed by atoms with Crippen LogP contribution >= 0.6 is 15.9 Å². The quantitative estimate of drug-likeness (QED) is 0.925. The summed E-state index contributed by atoms with van der Waals surface area (Å²) in [4.78, 5) is 12.2. The van der Waals surface area contributed by atoms with E-state index in [0.717, 1.165) is 11.3 Å². The van der Waals surface area contributed by atoms with Gasteiger partial charge in [0.05, 0.1) is 11.7 Å². The van der Waals surface area contributed by atoms with E-state index in [1.807, 2.05) is 30.3 Å². The molecule has 1 aromatic heterocycles. The smallest absolute Gasteiger partial charge is 0.281 e. The molecule has 0 aliphatic heterocycles. The van der Waals surface area contributed by atoms with Crippen molar-refractivity contribution in [1.82, 2.24) is 9.78 Å². The lowest BCUT2D eigenvalue weighted by atomic mass is 10.2. The number of hydrogen-bond donors (Lipinski definition) is 1. The Morgan fingerprint density at radius 1 is 1.33 bits per heavy atom. The van der Waals surface area contributed by atoms with Crippen molar-refractivity contribution < 1.29 is 0 Å². The van der Waals surface area contributed by atoms with Gasteiger partial charge in [0.2, 0.25) is 0 Å². The molecule has 1 heterocycles. The van der Waals surface area contributed by atoms with Crippen LogP contribution in [0.5, 0.6) is 0 Å². The van der Waals surface area contributed by atoms with E-state index in [0.29, 0.717) is 10.4 Å². The SMILES string of the molecule is CC(C1CC1)n1[nH]c(-c2ccccc2)c(Br)c1=O. The first-order chi connectivity index (χ1) is 8.68. The van der Waals surface area contributed by atoms with E-state index in [1.165, 1.54) is 12.8 Å². The highest BCUT2D eigenvalue weighted by Gasteiger charge is 2.31. The second-order valence-electron chi connectivity index (χ2n) is 4.92. The molecule has 0 spiro atoms. The Labute approximate surface area is 114 Å². The summed E-state index contributed by atoms with van der Waals surface area (Å²) in [6.45, 7) is 2.11. The Morgan fingerprint density at radius 2 is 2.00 bits per heavy atom. The zero-order valence-corrected chi connectivity index (χ0v) is 11.8. The highest BCUT2D eigenvalue weighted by Crippen LogP contribution is 2.39. The van der Waals surface area contributed by atoms with Crippen LogP contribution in [-0.4, -0.2) is 9.78 Å². The van der Waals surface area contributed by atoms with Gasteiger partial charge in [-0.05, 0) is 41.6 Å². The van der Waals surface area contributed by atoms with Gasteiger partial charge in [0.1, 0.15) is 4.47 Å². The minimum atomic E-state index is 0.0354. The van der Waals surface area contributed by atoms with Gasteiger partial charge >= 0.3 is 0 Å². The second-order valence-corrected chi connectivity index (χ2v) is 5.71. The summed E-state index contributed by atoms with van der Waals surface area (Å²) in [5, 5.41) is 3.24. The third-order valence-corrected chi connectivity index (χ3v) is 4.37. The lowest BCUT2D eigenvalue weighted by Gasteiger charge is -2.10. The van der Waals surface area contributed by atoms with Gasteiger partial charge in [0, 0.05) is 5.56 Å². The average molecular weight is 307 g/mol. The molecule has 3 nitrogen and oxygen atoms in total. The van der Waals surface area contributed by atoms with Crippen LogP contribution in [0.15, 0.2) is 39.6 Å². The molecule has 1 atom stereocenters. The largest absolute Gasteiger partial charge is 0.294 e. The molecule has 0 radical (unpaired) electrons. The molecule has 0 bridgehead atoms. The molecule has 1 unspecified atom stereocenters. The number of rotatable bonds is 3. The van der Waals surface area contributed by atoms with Crippen molar-refractivity contribution in [2.75, 3.05) is 0 Å². The molecule has 4 heteroatoms. The number of benzene rings is 1. The molecular formula is C14H15BrN2O. The normalized spacial score (nSPS) is 16.8. The molecule has 1 aromatic carbocycles. The molecule has 1 saturated carbocycles. The van der Waals surface area contributed by atoms with E-state index in [9.17, 15) is 4.79 Å². The van der Waals surface area contributed by atoms with Crippen molar-refractivity contribution in [3.8, 4) is 11.3 Å². The Kier molecular flexibility index (Phi) is 2.90. The van der Waals surface area contributed by atoms with Crippen molar-refractivity contribution in [2.24, 2.45) is 5.92 Å². The van der Waals surface area contributed by atoms with Crippen LogP contribution in [0.25, 0.3) is 11.3 Å². The molecule has 0 amide bonds. The second kappa shape index (κ2) is 4.43. The van der Waals surface area contributed by atoms with Gasteiger partial charge < -0.3 is 0 Å². The predicted octanol–water partition coefficient (Wildman–Crippen LogP) is 3.58. The molecule has 1 aliphatic carbocycles. The standard InChI is InChI=1S/C14H15BrN2O/c1-9(10-7-8-10)17-14(18)12(15)13(16-17)11-5-3-2-4-6-11/h2-6,9-10,16H,7-8H2,1H3. The van der Waals surface area contributed by atoms with Gasteiger partial charge in [-0.1, -0.05) is 30.3 Å². The number of H-pyrrole nitrogens is 1. The maximum Gasteiger partial charge on any atom is 0.281 e. The van der Waals surface area contributed by atoms with E-state index in [4.69, 9.17) is 0 Å². The molecule has 1 fully saturated rings. The predicted molar refractivity (Wildman–Crippen MR) is 75.6 cm³/mol. The first-order valence-corrected chi connectivity index (χ1v) is 7.03. The van der Waals surface area contributed by atoms with Crippen molar-refractivity contribution in [2.45, 2.75) is 25.8 Å². The Balaban J connectivity index is 2.07. The van der Waals surface area contributed by atoms with E-state index < -0.39 is 0 Å². The van der Waals surface area contributed by atoms with Crippen molar-refractivity contribution in [3.63, 3.8) is 0 Å². The Morgan fingerprint density at radius 3 is 2.61 bits per heavy atom. The highest BCUT2D eigenvalue weighted by atomic mass is 79.9. The fourth-order valence-corrected chi connectivity index (χ4v) is 2.81. The maximum atomic E-state index is 12.2. The molecule has 1 N–H and O–H groups in total. The fraction of sp³-hybridized carbons (Fsp3) is 0.357. The maximum absolute atomic E-state index is 12.2. The van der Waals surface area contributed by atoms with Gasteiger partial charge in [0.15, 0.2) is 0 Å². The first kappa shape index (κ1) is 11.8. The van der Waals surface area contributed by atoms with E-state index in [-0.39, 0.29) is 11.6 Å². The van der Waals surface area contributed by atoms with E-state index >= 15 is 0 Å². The van der Waals surface area contributed by atoms with Crippen molar-refractivity contribution >= 4 is 15.9 Å². The molecule has 18 heavy (non-hydrogen) atoms. The van der Waals surface area contributed by atoms with Crippen LogP contribution in [0.3, 0.4) is 0 Å². The Bertz CT molecular complexity index is 610. The van der Waals surface area contributed by atoms with Crippen LogP contribution < -0.4 is 5.56 Å². The summed E-state index contributed by atoms with van der Waals surface area (Å²) < 4.78 is 2.38.